The van der Waals surface area contributed by atoms with Crippen molar-refractivity contribution in [1.82, 2.24) is 4.90 Å². The molecule has 0 atom stereocenters. The fourth-order valence-corrected chi connectivity index (χ4v) is 3.30. The number of nitrogens with zero attached hydrogens (tertiary/aromatic N) is 1. The normalized spacial score (nSPS) is 11.3. The van der Waals surface area contributed by atoms with Crippen molar-refractivity contribution in [1.29, 1.82) is 0 Å². The van der Waals surface area contributed by atoms with Crippen molar-refractivity contribution in [3.63, 3.8) is 0 Å². The summed E-state index contributed by atoms with van der Waals surface area (Å²) < 4.78 is 0. The minimum atomic E-state index is 0.650. The van der Waals surface area contributed by atoms with Crippen LogP contribution in [-0.4, -0.2) is 18.0 Å². The van der Waals surface area contributed by atoms with E-state index in [0.717, 1.165) is 6.54 Å². The fourth-order valence-electron chi connectivity index (χ4n) is 3.30. The van der Waals surface area contributed by atoms with Crippen molar-refractivity contribution >= 4 is 0 Å². The summed E-state index contributed by atoms with van der Waals surface area (Å²) in [6, 6.07) is 8.68. The van der Waals surface area contributed by atoms with Gasteiger partial charge in [0.05, 0.1) is 0 Å². The summed E-state index contributed by atoms with van der Waals surface area (Å²) in [4.78, 5) is 2.66. The topological polar surface area (TPSA) is 29.3 Å². The van der Waals surface area contributed by atoms with Crippen LogP contribution in [0.25, 0.3) is 0 Å². The van der Waals surface area contributed by atoms with Gasteiger partial charge in [0.15, 0.2) is 0 Å². The Balaban J connectivity index is 2.46. The summed E-state index contributed by atoms with van der Waals surface area (Å²) in [5.41, 5.74) is 8.64. The molecule has 1 rings (SSSR count). The molecular formula is C22H40N2. The Kier molecular flexibility index (Phi) is 12.8. The Labute approximate surface area is 150 Å². The molecule has 0 saturated heterocycles. The van der Waals surface area contributed by atoms with Crippen LogP contribution < -0.4 is 5.73 Å². The maximum Gasteiger partial charge on any atom is 0.0236 e. The second kappa shape index (κ2) is 14.5. The van der Waals surface area contributed by atoms with Crippen LogP contribution in [0, 0.1) is 0 Å². The van der Waals surface area contributed by atoms with Gasteiger partial charge in [0.25, 0.3) is 0 Å². The number of hydrogen-bond acceptors (Lipinski definition) is 2. The lowest BCUT2D eigenvalue weighted by atomic mass is 10.1. The highest BCUT2D eigenvalue weighted by molar-refractivity contribution is 5.26. The van der Waals surface area contributed by atoms with Crippen LogP contribution in [0.3, 0.4) is 0 Å². The molecule has 0 aliphatic heterocycles. The number of unbranched alkanes of at least 4 members (excludes halogenated alkanes) is 8. The molecule has 2 heteroatoms. The molecule has 138 valence electrons. The number of rotatable bonds is 15. The van der Waals surface area contributed by atoms with Crippen LogP contribution in [0.5, 0.6) is 0 Å². The van der Waals surface area contributed by atoms with E-state index in [4.69, 9.17) is 5.73 Å². The van der Waals surface area contributed by atoms with Crippen molar-refractivity contribution in [3.8, 4) is 0 Å². The van der Waals surface area contributed by atoms with Crippen LogP contribution in [0.4, 0.5) is 0 Å². The third-order valence-electron chi connectivity index (χ3n) is 4.89. The summed E-state index contributed by atoms with van der Waals surface area (Å²) in [6.45, 7) is 8.75. The first-order chi connectivity index (χ1) is 11.8. The Morgan fingerprint density at radius 1 is 0.708 bits per heavy atom. The minimum absolute atomic E-state index is 0.650. The predicted molar refractivity (Wildman–Crippen MR) is 107 cm³/mol. The second-order valence-electron chi connectivity index (χ2n) is 7.08. The van der Waals surface area contributed by atoms with Crippen LogP contribution in [0.1, 0.15) is 89.2 Å². The van der Waals surface area contributed by atoms with Crippen LogP contribution in [0.2, 0.25) is 0 Å². The first-order valence-corrected chi connectivity index (χ1v) is 10.3. The van der Waals surface area contributed by atoms with E-state index in [1.165, 1.54) is 88.4 Å². The van der Waals surface area contributed by atoms with Gasteiger partial charge < -0.3 is 5.73 Å². The summed E-state index contributed by atoms with van der Waals surface area (Å²) in [5.74, 6) is 0. The zero-order valence-corrected chi connectivity index (χ0v) is 16.2. The largest absolute Gasteiger partial charge is 0.326 e. The molecule has 0 aromatic heterocycles. The molecule has 2 N–H and O–H groups in total. The standard InChI is InChI=1S/C22H40N2/c1-3-5-7-9-13-17-24(18-14-10-8-6-4-2)20-22-16-12-11-15-21(22)19-23/h11-12,15-16H,3-10,13-14,17-20,23H2,1-2H3. The number of benzene rings is 1. The fraction of sp³-hybridized carbons (Fsp3) is 0.727. The lowest BCUT2D eigenvalue weighted by Gasteiger charge is -2.23. The lowest BCUT2D eigenvalue weighted by molar-refractivity contribution is 0.251. The summed E-state index contributed by atoms with van der Waals surface area (Å²) in [7, 11) is 0. The third kappa shape index (κ3) is 9.44. The minimum Gasteiger partial charge on any atom is -0.326 e. The van der Waals surface area contributed by atoms with Gasteiger partial charge in [-0.3, -0.25) is 4.90 Å². The smallest absolute Gasteiger partial charge is 0.0236 e. The molecule has 0 fully saturated rings. The zero-order valence-electron chi connectivity index (χ0n) is 16.2. The molecular weight excluding hydrogens is 292 g/mol. The van der Waals surface area contributed by atoms with Gasteiger partial charge in [-0.2, -0.15) is 0 Å². The Morgan fingerprint density at radius 2 is 1.21 bits per heavy atom. The van der Waals surface area contributed by atoms with E-state index in [1.807, 2.05) is 0 Å². The number of hydrogen-bond donors (Lipinski definition) is 1. The van der Waals surface area contributed by atoms with Gasteiger partial charge in [-0.1, -0.05) is 89.5 Å². The zero-order chi connectivity index (χ0) is 17.5. The lowest BCUT2D eigenvalue weighted by Crippen LogP contribution is -2.26. The molecule has 1 aromatic carbocycles. The molecule has 1 aromatic rings. The van der Waals surface area contributed by atoms with E-state index in [9.17, 15) is 0 Å². The third-order valence-corrected chi connectivity index (χ3v) is 4.89. The van der Waals surface area contributed by atoms with Gasteiger partial charge >= 0.3 is 0 Å². The average Bonchev–Trinajstić information content (AvgIpc) is 2.61. The molecule has 2 nitrogen and oxygen atoms in total. The molecule has 0 aliphatic rings. The Bertz CT molecular complexity index is 389. The Morgan fingerprint density at radius 3 is 1.71 bits per heavy atom. The van der Waals surface area contributed by atoms with Gasteiger partial charge in [-0.25, -0.2) is 0 Å². The molecule has 0 amide bonds. The first kappa shape index (κ1) is 21.2. The van der Waals surface area contributed by atoms with E-state index >= 15 is 0 Å². The monoisotopic (exact) mass is 332 g/mol. The highest BCUT2D eigenvalue weighted by atomic mass is 15.1. The first-order valence-electron chi connectivity index (χ1n) is 10.3. The van der Waals surface area contributed by atoms with Crippen molar-refractivity contribution in [2.45, 2.75) is 91.1 Å². The maximum atomic E-state index is 5.92. The van der Waals surface area contributed by atoms with E-state index in [0.29, 0.717) is 6.54 Å². The van der Waals surface area contributed by atoms with Crippen molar-refractivity contribution in [2.24, 2.45) is 5.73 Å². The van der Waals surface area contributed by atoms with E-state index in [-0.39, 0.29) is 0 Å². The average molecular weight is 333 g/mol. The van der Waals surface area contributed by atoms with Gasteiger partial charge in [-0.05, 0) is 37.1 Å². The molecule has 0 spiro atoms. The van der Waals surface area contributed by atoms with Crippen molar-refractivity contribution in [3.05, 3.63) is 35.4 Å². The van der Waals surface area contributed by atoms with E-state index in [1.54, 1.807) is 0 Å². The van der Waals surface area contributed by atoms with Crippen molar-refractivity contribution < 1.29 is 0 Å². The highest BCUT2D eigenvalue weighted by Gasteiger charge is 2.08. The van der Waals surface area contributed by atoms with E-state index in [2.05, 4.69) is 43.0 Å². The van der Waals surface area contributed by atoms with Crippen LogP contribution in [0.15, 0.2) is 24.3 Å². The van der Waals surface area contributed by atoms with Gasteiger partial charge in [-0.15, -0.1) is 0 Å². The summed E-state index contributed by atoms with van der Waals surface area (Å²) in [6.07, 6.45) is 13.6. The van der Waals surface area contributed by atoms with Crippen LogP contribution in [-0.2, 0) is 13.1 Å². The van der Waals surface area contributed by atoms with Crippen LogP contribution >= 0.6 is 0 Å². The van der Waals surface area contributed by atoms with E-state index < -0.39 is 0 Å². The predicted octanol–water partition coefficient (Wildman–Crippen LogP) is 5.89. The highest BCUT2D eigenvalue weighted by Crippen LogP contribution is 2.14. The molecule has 0 unspecified atom stereocenters. The second-order valence-corrected chi connectivity index (χ2v) is 7.08. The molecule has 0 radical (unpaired) electrons. The SMILES string of the molecule is CCCCCCCN(CCCCCCC)Cc1ccccc1CN. The van der Waals surface area contributed by atoms with Gasteiger partial charge in [0, 0.05) is 13.1 Å². The van der Waals surface area contributed by atoms with Gasteiger partial charge in [0.1, 0.15) is 0 Å². The Hall–Kier alpha value is -0.860. The molecule has 24 heavy (non-hydrogen) atoms. The quantitative estimate of drug-likeness (QED) is 0.406. The van der Waals surface area contributed by atoms with Crippen molar-refractivity contribution in [2.75, 3.05) is 13.1 Å². The number of nitrogens with two attached hydrogens (primary N) is 1. The molecule has 0 heterocycles. The molecule has 0 bridgehead atoms. The molecule has 0 saturated carbocycles. The maximum absolute atomic E-state index is 5.92. The summed E-state index contributed by atoms with van der Waals surface area (Å²) >= 11 is 0. The summed E-state index contributed by atoms with van der Waals surface area (Å²) in [5, 5.41) is 0. The molecule has 0 aliphatic carbocycles. The van der Waals surface area contributed by atoms with Gasteiger partial charge in [0.2, 0.25) is 0 Å².